The van der Waals surface area contributed by atoms with E-state index in [-0.39, 0.29) is 23.9 Å². The van der Waals surface area contributed by atoms with Gasteiger partial charge in [0.2, 0.25) is 5.91 Å². The highest BCUT2D eigenvalue weighted by molar-refractivity contribution is 5.97. The fourth-order valence-electron chi connectivity index (χ4n) is 3.48. The maximum atomic E-state index is 13.3. The fourth-order valence-corrected chi connectivity index (χ4v) is 3.48. The number of nitrogens with zero attached hydrogens (tertiary/aromatic N) is 3. The first-order chi connectivity index (χ1) is 12.3. The van der Waals surface area contributed by atoms with E-state index in [9.17, 15) is 14.0 Å². The van der Waals surface area contributed by atoms with Crippen molar-refractivity contribution in [1.29, 1.82) is 0 Å². The largest absolute Gasteiger partial charge is 0.326 e. The van der Waals surface area contributed by atoms with E-state index in [0.29, 0.717) is 18.0 Å². The van der Waals surface area contributed by atoms with E-state index in [0.717, 1.165) is 19.3 Å². The molecule has 0 N–H and O–H groups in total. The van der Waals surface area contributed by atoms with E-state index in [1.807, 2.05) is 0 Å². The third-order valence-corrected chi connectivity index (χ3v) is 4.97. The first-order valence-electron chi connectivity index (χ1n) is 9.36. The molecule has 0 unspecified atom stereocenters. The van der Waals surface area contributed by atoms with E-state index >= 15 is 0 Å². The SMILES string of the molecule is CCCC[C@@H]1N(C)C(=O)[C@H](CC(C)C)N1C(=O)N(C)c1ccc(F)cc1. The lowest BCUT2D eigenvalue weighted by atomic mass is 10.0. The van der Waals surface area contributed by atoms with Crippen LogP contribution in [0.1, 0.15) is 46.5 Å². The molecule has 1 aromatic carbocycles. The zero-order chi connectivity index (χ0) is 19.4. The molecule has 0 aliphatic carbocycles. The van der Waals surface area contributed by atoms with Gasteiger partial charge in [-0.1, -0.05) is 27.2 Å². The highest BCUT2D eigenvalue weighted by atomic mass is 19.1. The second-order valence-electron chi connectivity index (χ2n) is 7.44. The van der Waals surface area contributed by atoms with Gasteiger partial charge in [0.1, 0.15) is 18.0 Å². The Labute approximate surface area is 155 Å². The number of carbonyl (C=O) groups is 2. The highest BCUT2D eigenvalue weighted by Crippen LogP contribution is 2.30. The minimum atomic E-state index is -0.447. The molecule has 0 spiro atoms. The van der Waals surface area contributed by atoms with Crippen LogP contribution in [0.3, 0.4) is 0 Å². The molecule has 0 radical (unpaired) electrons. The normalized spacial score (nSPS) is 20.2. The van der Waals surface area contributed by atoms with Crippen LogP contribution in [-0.2, 0) is 4.79 Å². The average molecular weight is 363 g/mol. The molecular formula is C20H30FN3O2. The maximum Gasteiger partial charge on any atom is 0.326 e. The van der Waals surface area contributed by atoms with Gasteiger partial charge in [-0.2, -0.15) is 0 Å². The van der Waals surface area contributed by atoms with Crippen molar-refractivity contribution in [3.63, 3.8) is 0 Å². The van der Waals surface area contributed by atoms with Crippen LogP contribution in [0, 0.1) is 11.7 Å². The summed E-state index contributed by atoms with van der Waals surface area (Å²) >= 11 is 0. The van der Waals surface area contributed by atoms with E-state index < -0.39 is 6.04 Å². The number of carbonyl (C=O) groups excluding carboxylic acids is 2. The molecule has 3 amide bonds. The lowest BCUT2D eigenvalue weighted by Gasteiger charge is -2.34. The Morgan fingerprint density at radius 3 is 2.42 bits per heavy atom. The summed E-state index contributed by atoms with van der Waals surface area (Å²) in [7, 11) is 3.45. The molecule has 144 valence electrons. The lowest BCUT2D eigenvalue weighted by molar-refractivity contribution is -0.129. The third-order valence-electron chi connectivity index (χ3n) is 4.97. The summed E-state index contributed by atoms with van der Waals surface area (Å²) in [6.07, 6.45) is 3.11. The van der Waals surface area contributed by atoms with Crippen LogP contribution in [0.4, 0.5) is 14.9 Å². The number of rotatable bonds is 6. The van der Waals surface area contributed by atoms with Gasteiger partial charge in [-0.3, -0.25) is 14.6 Å². The van der Waals surface area contributed by atoms with Crippen LogP contribution in [0.25, 0.3) is 0 Å². The number of benzene rings is 1. The minimum absolute atomic E-state index is 0.000610. The zero-order valence-corrected chi connectivity index (χ0v) is 16.4. The summed E-state index contributed by atoms with van der Waals surface area (Å²) in [5.74, 6) is -0.0430. The Bertz CT molecular complexity index is 632. The summed E-state index contributed by atoms with van der Waals surface area (Å²) in [4.78, 5) is 31.0. The molecule has 2 rings (SSSR count). The first-order valence-corrected chi connectivity index (χ1v) is 9.36. The molecule has 1 fully saturated rings. The van der Waals surface area contributed by atoms with Crippen LogP contribution >= 0.6 is 0 Å². The maximum absolute atomic E-state index is 13.3. The molecule has 1 aromatic rings. The molecule has 1 aliphatic heterocycles. The number of anilines is 1. The van der Waals surface area contributed by atoms with Crippen molar-refractivity contribution in [2.75, 3.05) is 19.0 Å². The Hall–Kier alpha value is -2.11. The number of unbranched alkanes of at least 4 members (excludes halogenated alkanes) is 1. The van der Waals surface area contributed by atoms with Crippen molar-refractivity contribution in [2.24, 2.45) is 5.92 Å². The van der Waals surface area contributed by atoms with E-state index in [2.05, 4.69) is 20.8 Å². The topological polar surface area (TPSA) is 43.9 Å². The minimum Gasteiger partial charge on any atom is -0.323 e. The molecule has 0 saturated carbocycles. The molecule has 0 aromatic heterocycles. The Morgan fingerprint density at radius 1 is 1.27 bits per heavy atom. The fraction of sp³-hybridized carbons (Fsp3) is 0.600. The summed E-state index contributed by atoms with van der Waals surface area (Å²) in [6, 6.07) is 5.15. The second kappa shape index (κ2) is 8.52. The predicted octanol–water partition coefficient (Wildman–Crippen LogP) is 4.09. The molecule has 1 saturated heterocycles. The molecular weight excluding hydrogens is 333 g/mol. The Kier molecular flexibility index (Phi) is 6.62. The van der Waals surface area contributed by atoms with Crippen molar-refractivity contribution in [1.82, 2.24) is 9.80 Å². The van der Waals surface area contributed by atoms with E-state index in [1.54, 1.807) is 36.0 Å². The van der Waals surface area contributed by atoms with Gasteiger partial charge in [0.15, 0.2) is 0 Å². The summed E-state index contributed by atoms with van der Waals surface area (Å²) < 4.78 is 13.2. The van der Waals surface area contributed by atoms with Crippen LogP contribution in [0.5, 0.6) is 0 Å². The van der Waals surface area contributed by atoms with Crippen LogP contribution < -0.4 is 4.90 Å². The van der Waals surface area contributed by atoms with Gasteiger partial charge in [0, 0.05) is 19.8 Å². The molecule has 1 aliphatic rings. The highest BCUT2D eigenvalue weighted by Gasteiger charge is 2.47. The zero-order valence-electron chi connectivity index (χ0n) is 16.4. The average Bonchev–Trinajstić information content (AvgIpc) is 2.83. The van der Waals surface area contributed by atoms with Gasteiger partial charge < -0.3 is 4.90 Å². The lowest BCUT2D eigenvalue weighted by Crippen LogP contribution is -2.50. The quantitative estimate of drug-likeness (QED) is 0.764. The summed E-state index contributed by atoms with van der Waals surface area (Å²) in [5.41, 5.74) is 0.607. The summed E-state index contributed by atoms with van der Waals surface area (Å²) in [5, 5.41) is 0. The van der Waals surface area contributed by atoms with Crippen molar-refractivity contribution >= 4 is 17.6 Å². The van der Waals surface area contributed by atoms with Crippen molar-refractivity contribution in [2.45, 2.75) is 58.7 Å². The predicted molar refractivity (Wildman–Crippen MR) is 101 cm³/mol. The third kappa shape index (κ3) is 4.17. The van der Waals surface area contributed by atoms with E-state index in [1.165, 1.54) is 17.0 Å². The first kappa shape index (κ1) is 20.2. The molecule has 26 heavy (non-hydrogen) atoms. The standard InChI is InChI=1S/C20H30FN3O2/c1-6-7-8-18-23(5)19(25)17(13-14(2)3)24(18)20(26)22(4)16-11-9-15(21)10-12-16/h9-12,14,17-18H,6-8,13H2,1-5H3/t17-,18+/m0/s1. The van der Waals surface area contributed by atoms with Crippen LogP contribution in [-0.4, -0.2) is 48.0 Å². The molecule has 2 atom stereocenters. The number of likely N-dealkylation sites (N-methyl/N-ethyl adjacent to an activating group) is 1. The van der Waals surface area contributed by atoms with Gasteiger partial charge in [-0.15, -0.1) is 0 Å². The van der Waals surface area contributed by atoms with Gasteiger partial charge >= 0.3 is 6.03 Å². The monoisotopic (exact) mass is 363 g/mol. The number of hydrogen-bond donors (Lipinski definition) is 0. The smallest absolute Gasteiger partial charge is 0.323 e. The molecule has 1 heterocycles. The van der Waals surface area contributed by atoms with Gasteiger partial charge in [0.05, 0.1) is 0 Å². The number of amides is 3. The Morgan fingerprint density at radius 2 is 1.88 bits per heavy atom. The number of halogens is 1. The van der Waals surface area contributed by atoms with Crippen LogP contribution in [0.15, 0.2) is 24.3 Å². The number of urea groups is 1. The molecule has 0 bridgehead atoms. The van der Waals surface area contributed by atoms with Gasteiger partial charge in [-0.05, 0) is 49.4 Å². The van der Waals surface area contributed by atoms with Gasteiger partial charge in [0.25, 0.3) is 0 Å². The van der Waals surface area contributed by atoms with Crippen molar-refractivity contribution in [3.8, 4) is 0 Å². The molecule has 5 nitrogen and oxygen atoms in total. The van der Waals surface area contributed by atoms with Gasteiger partial charge in [-0.25, -0.2) is 9.18 Å². The number of hydrogen-bond acceptors (Lipinski definition) is 2. The van der Waals surface area contributed by atoms with Crippen LogP contribution in [0.2, 0.25) is 0 Å². The molecule has 6 heteroatoms. The van der Waals surface area contributed by atoms with E-state index in [4.69, 9.17) is 0 Å². The van der Waals surface area contributed by atoms with Crippen molar-refractivity contribution < 1.29 is 14.0 Å². The Balaban J connectivity index is 2.32. The van der Waals surface area contributed by atoms with Crippen molar-refractivity contribution in [3.05, 3.63) is 30.1 Å². The summed E-state index contributed by atoms with van der Waals surface area (Å²) in [6.45, 7) is 6.21. The second-order valence-corrected chi connectivity index (χ2v) is 7.44.